The van der Waals surface area contributed by atoms with Gasteiger partial charge in [-0.3, -0.25) is 19.2 Å². The van der Waals surface area contributed by atoms with Crippen molar-refractivity contribution in [1.82, 2.24) is 10.2 Å². The van der Waals surface area contributed by atoms with Crippen molar-refractivity contribution >= 4 is 38.9 Å². The molecule has 0 aromatic heterocycles. The highest BCUT2D eigenvalue weighted by Crippen LogP contribution is 2.31. The van der Waals surface area contributed by atoms with Crippen LogP contribution < -0.4 is 20.3 Å². The average Bonchev–Trinajstić information content (AvgIpc) is 3.02. The highest BCUT2D eigenvalue weighted by Gasteiger charge is 2.25. The molecule has 0 atom stereocenters. The van der Waals surface area contributed by atoms with Gasteiger partial charge in [0.25, 0.3) is 15.9 Å². The summed E-state index contributed by atoms with van der Waals surface area (Å²) in [7, 11) is -3.93. The molecular formula is C33H41N5O5S. The predicted molar refractivity (Wildman–Crippen MR) is 173 cm³/mol. The zero-order valence-electron chi connectivity index (χ0n) is 25.1. The zero-order valence-corrected chi connectivity index (χ0v) is 25.9. The Balaban J connectivity index is 1.31. The van der Waals surface area contributed by atoms with E-state index >= 15 is 0 Å². The lowest BCUT2D eigenvalue weighted by Gasteiger charge is -2.35. The average molecular weight is 620 g/mol. The van der Waals surface area contributed by atoms with Crippen LogP contribution in [0.5, 0.6) is 0 Å². The first-order valence-corrected chi connectivity index (χ1v) is 16.7. The van der Waals surface area contributed by atoms with Crippen LogP contribution in [0.15, 0.2) is 77.7 Å². The van der Waals surface area contributed by atoms with Gasteiger partial charge in [-0.25, -0.2) is 8.42 Å². The molecule has 2 aliphatic heterocycles. The van der Waals surface area contributed by atoms with Gasteiger partial charge < -0.3 is 20.3 Å². The van der Waals surface area contributed by atoms with Crippen LogP contribution in [0.4, 0.5) is 17.1 Å². The molecule has 5 rings (SSSR count). The van der Waals surface area contributed by atoms with Crippen molar-refractivity contribution in [3.63, 3.8) is 0 Å². The monoisotopic (exact) mass is 619 g/mol. The number of piperidine rings is 1. The minimum atomic E-state index is -3.93. The molecule has 0 bridgehead atoms. The highest BCUT2D eigenvalue weighted by molar-refractivity contribution is 7.92. The largest absolute Gasteiger partial charge is 0.379 e. The fourth-order valence-electron chi connectivity index (χ4n) is 5.76. The number of carbonyl (C=O) groups is 2. The van der Waals surface area contributed by atoms with Crippen molar-refractivity contribution in [2.24, 2.45) is 5.92 Å². The number of ether oxygens (including phenoxy) is 1. The summed E-state index contributed by atoms with van der Waals surface area (Å²) in [5.74, 6) is 0.0953. The van der Waals surface area contributed by atoms with Crippen LogP contribution in [0.3, 0.4) is 0 Å². The van der Waals surface area contributed by atoms with Crippen molar-refractivity contribution in [3.05, 3.63) is 83.9 Å². The zero-order chi connectivity index (χ0) is 30.9. The van der Waals surface area contributed by atoms with E-state index in [0.29, 0.717) is 42.6 Å². The van der Waals surface area contributed by atoms with Crippen molar-refractivity contribution in [2.75, 3.05) is 67.4 Å². The number of anilines is 3. The Hall–Kier alpha value is -3.93. The van der Waals surface area contributed by atoms with Gasteiger partial charge in [0.1, 0.15) is 0 Å². The summed E-state index contributed by atoms with van der Waals surface area (Å²) in [5, 5.41) is 5.68. The van der Waals surface area contributed by atoms with Crippen LogP contribution in [-0.4, -0.2) is 77.6 Å². The Labute approximate surface area is 259 Å². The molecule has 2 saturated heterocycles. The number of hydrogen-bond donors (Lipinski definition) is 3. The lowest BCUT2D eigenvalue weighted by Crippen LogP contribution is -2.41. The van der Waals surface area contributed by atoms with Crippen molar-refractivity contribution < 1.29 is 22.7 Å². The smallest absolute Gasteiger partial charge is 0.261 e. The van der Waals surface area contributed by atoms with E-state index < -0.39 is 10.0 Å². The molecule has 2 heterocycles. The Bertz CT molecular complexity index is 1520. The first kappa shape index (κ1) is 31.5. The van der Waals surface area contributed by atoms with E-state index in [0.717, 1.165) is 57.7 Å². The number of amides is 2. The van der Waals surface area contributed by atoms with E-state index in [-0.39, 0.29) is 16.7 Å². The van der Waals surface area contributed by atoms with Crippen LogP contribution in [0.25, 0.3) is 0 Å². The number of sulfonamides is 1. The predicted octanol–water partition coefficient (Wildman–Crippen LogP) is 3.97. The third-order valence-corrected chi connectivity index (χ3v) is 9.52. The van der Waals surface area contributed by atoms with Crippen LogP contribution in [0.1, 0.15) is 35.7 Å². The van der Waals surface area contributed by atoms with E-state index in [1.54, 1.807) is 12.1 Å². The van der Waals surface area contributed by atoms with Gasteiger partial charge in [-0.15, -0.1) is 0 Å². The summed E-state index contributed by atoms with van der Waals surface area (Å²) in [4.78, 5) is 29.4. The lowest BCUT2D eigenvalue weighted by atomic mass is 9.89. The molecule has 11 heteroatoms. The SMILES string of the molecule is CC(=O)Nc1ccc(S(=O)(=O)Nc2ccc(N3CCC(Cc4ccccc4)CC3)c(C(=O)NCCN3CCOCC3)c2)cc1. The van der Waals surface area contributed by atoms with Crippen LogP contribution in [0, 0.1) is 5.92 Å². The van der Waals surface area contributed by atoms with Crippen molar-refractivity contribution in [1.29, 1.82) is 0 Å². The van der Waals surface area contributed by atoms with E-state index in [2.05, 4.69) is 49.4 Å². The number of benzene rings is 3. The van der Waals surface area contributed by atoms with Crippen LogP contribution in [0.2, 0.25) is 0 Å². The Morgan fingerprint density at radius 1 is 0.886 bits per heavy atom. The number of morpholine rings is 1. The first-order chi connectivity index (χ1) is 21.3. The minimum absolute atomic E-state index is 0.0488. The topological polar surface area (TPSA) is 120 Å². The van der Waals surface area contributed by atoms with Crippen molar-refractivity contribution in [3.8, 4) is 0 Å². The third kappa shape index (κ3) is 8.58. The van der Waals surface area contributed by atoms with Gasteiger partial charge in [0.2, 0.25) is 5.91 Å². The molecule has 44 heavy (non-hydrogen) atoms. The molecular weight excluding hydrogens is 578 g/mol. The van der Waals surface area contributed by atoms with E-state index in [9.17, 15) is 18.0 Å². The maximum absolute atomic E-state index is 13.6. The third-order valence-electron chi connectivity index (χ3n) is 8.12. The normalized spacial score (nSPS) is 16.3. The summed E-state index contributed by atoms with van der Waals surface area (Å²) in [6.07, 6.45) is 3.06. The maximum Gasteiger partial charge on any atom is 0.261 e. The first-order valence-electron chi connectivity index (χ1n) is 15.2. The van der Waals surface area contributed by atoms with Crippen molar-refractivity contribution in [2.45, 2.75) is 31.1 Å². The van der Waals surface area contributed by atoms with Gasteiger partial charge in [0.15, 0.2) is 0 Å². The molecule has 2 aliphatic rings. The summed E-state index contributed by atoms with van der Waals surface area (Å²) in [6, 6.07) is 21.6. The molecule has 234 valence electrons. The van der Waals surface area contributed by atoms with Gasteiger partial charge in [0.05, 0.1) is 23.7 Å². The molecule has 2 fully saturated rings. The van der Waals surface area contributed by atoms with Gasteiger partial charge >= 0.3 is 0 Å². The lowest BCUT2D eigenvalue weighted by molar-refractivity contribution is -0.114. The number of hydrogen-bond acceptors (Lipinski definition) is 7. The fraction of sp³-hybridized carbons (Fsp3) is 0.394. The minimum Gasteiger partial charge on any atom is -0.379 e. The maximum atomic E-state index is 13.6. The van der Waals surface area contributed by atoms with Crippen LogP contribution in [-0.2, 0) is 26.0 Å². The number of nitrogens with zero attached hydrogens (tertiary/aromatic N) is 2. The number of carbonyl (C=O) groups excluding carboxylic acids is 2. The highest BCUT2D eigenvalue weighted by atomic mass is 32.2. The van der Waals surface area contributed by atoms with Gasteiger partial charge in [0, 0.05) is 63.3 Å². The Morgan fingerprint density at radius 3 is 2.25 bits per heavy atom. The Morgan fingerprint density at radius 2 is 1.57 bits per heavy atom. The second kappa shape index (κ2) is 14.7. The van der Waals surface area contributed by atoms with E-state index in [1.165, 1.54) is 36.8 Å². The fourth-order valence-corrected chi connectivity index (χ4v) is 6.81. The van der Waals surface area contributed by atoms with Gasteiger partial charge in [-0.05, 0) is 73.2 Å². The molecule has 3 N–H and O–H groups in total. The quantitative estimate of drug-likeness (QED) is 0.297. The van der Waals surface area contributed by atoms with Gasteiger partial charge in [-0.1, -0.05) is 30.3 Å². The molecule has 10 nitrogen and oxygen atoms in total. The molecule has 3 aromatic carbocycles. The standard InChI is InChI=1S/C33H41N5O5S/c1-25(39)35-28-7-10-30(11-8-28)44(41,42)36-29-9-12-32(31(24-29)33(40)34-15-18-37-19-21-43-22-20-37)38-16-13-27(14-17-38)23-26-5-3-2-4-6-26/h2-12,24,27,36H,13-23H2,1H3,(H,34,40)(H,35,39). The van der Waals surface area contributed by atoms with E-state index in [1.807, 2.05) is 12.1 Å². The second-order valence-electron chi connectivity index (χ2n) is 11.4. The summed E-state index contributed by atoms with van der Waals surface area (Å²) in [5.41, 5.74) is 3.39. The molecule has 0 aliphatic carbocycles. The number of nitrogens with one attached hydrogen (secondary N) is 3. The van der Waals surface area contributed by atoms with E-state index in [4.69, 9.17) is 4.74 Å². The Kier molecular flexibility index (Phi) is 10.5. The summed E-state index contributed by atoms with van der Waals surface area (Å²) < 4.78 is 34.5. The molecule has 2 amide bonds. The summed E-state index contributed by atoms with van der Waals surface area (Å²) in [6.45, 7) is 7.27. The molecule has 3 aromatic rings. The van der Waals surface area contributed by atoms with Gasteiger partial charge in [-0.2, -0.15) is 0 Å². The summed E-state index contributed by atoms with van der Waals surface area (Å²) >= 11 is 0. The molecule has 0 radical (unpaired) electrons. The number of rotatable bonds is 11. The second-order valence-corrected chi connectivity index (χ2v) is 13.1. The van der Waals surface area contributed by atoms with Crippen LogP contribution >= 0.6 is 0 Å². The molecule has 0 unspecified atom stereocenters. The molecule has 0 saturated carbocycles. The molecule has 0 spiro atoms.